The van der Waals surface area contributed by atoms with Crippen LogP contribution in [0.5, 0.6) is 5.88 Å². The van der Waals surface area contributed by atoms with Crippen molar-refractivity contribution in [2.75, 3.05) is 19.7 Å². The molecule has 1 N–H and O–H groups in total. The summed E-state index contributed by atoms with van der Waals surface area (Å²) in [6.07, 6.45) is 6.00. The van der Waals surface area contributed by atoms with Crippen molar-refractivity contribution in [1.82, 2.24) is 15.3 Å². The van der Waals surface area contributed by atoms with Crippen molar-refractivity contribution >= 4 is 0 Å². The Morgan fingerprint density at radius 2 is 2.31 bits per heavy atom. The molecule has 0 aliphatic carbocycles. The quantitative estimate of drug-likeness (QED) is 0.661. The Kier molecular flexibility index (Phi) is 4.86. The van der Waals surface area contributed by atoms with E-state index in [4.69, 9.17) is 4.74 Å². The molecule has 1 rings (SSSR count). The Bertz CT molecular complexity index is 215. The topological polar surface area (TPSA) is 47.0 Å². The number of nitrogens with one attached hydrogen (secondary N) is 1. The lowest BCUT2D eigenvalue weighted by atomic mass is 10.5. The molecule has 0 aliphatic heterocycles. The Hall–Kier alpha value is -1.16. The van der Waals surface area contributed by atoms with Crippen LogP contribution in [0.1, 0.15) is 13.3 Å². The molecule has 0 aromatic carbocycles. The SMILES string of the molecule is CCCNCCOc1cnccn1. The summed E-state index contributed by atoms with van der Waals surface area (Å²) < 4.78 is 5.32. The first kappa shape index (κ1) is 9.92. The van der Waals surface area contributed by atoms with Crippen LogP contribution in [0.15, 0.2) is 18.6 Å². The summed E-state index contributed by atoms with van der Waals surface area (Å²) in [7, 11) is 0. The third-order valence-corrected chi connectivity index (χ3v) is 1.50. The zero-order valence-electron chi connectivity index (χ0n) is 7.86. The van der Waals surface area contributed by atoms with E-state index < -0.39 is 0 Å². The summed E-state index contributed by atoms with van der Waals surface area (Å²) >= 11 is 0. The molecule has 13 heavy (non-hydrogen) atoms. The lowest BCUT2D eigenvalue weighted by molar-refractivity contribution is 0.301. The molecule has 0 saturated carbocycles. The van der Waals surface area contributed by atoms with Crippen LogP contribution in [0, 0.1) is 0 Å². The normalized spacial score (nSPS) is 9.92. The van der Waals surface area contributed by atoms with Crippen molar-refractivity contribution in [2.45, 2.75) is 13.3 Å². The van der Waals surface area contributed by atoms with Gasteiger partial charge in [0.1, 0.15) is 6.61 Å². The fraction of sp³-hybridized carbons (Fsp3) is 0.556. The van der Waals surface area contributed by atoms with Gasteiger partial charge in [-0.15, -0.1) is 0 Å². The molecule has 0 bridgehead atoms. The fourth-order valence-corrected chi connectivity index (χ4v) is 0.889. The van der Waals surface area contributed by atoms with Crippen LogP contribution >= 0.6 is 0 Å². The largest absolute Gasteiger partial charge is 0.475 e. The maximum absolute atomic E-state index is 5.32. The van der Waals surface area contributed by atoms with Gasteiger partial charge in [0.05, 0.1) is 6.20 Å². The lowest BCUT2D eigenvalue weighted by Crippen LogP contribution is -2.21. The summed E-state index contributed by atoms with van der Waals surface area (Å²) in [4.78, 5) is 7.88. The maximum atomic E-state index is 5.32. The second kappa shape index (κ2) is 6.37. The molecule has 0 atom stereocenters. The van der Waals surface area contributed by atoms with E-state index in [2.05, 4.69) is 22.2 Å². The first-order valence-corrected chi connectivity index (χ1v) is 4.53. The number of ether oxygens (including phenoxy) is 1. The second-order valence-corrected chi connectivity index (χ2v) is 2.64. The van der Waals surface area contributed by atoms with Crippen LogP contribution in [0.4, 0.5) is 0 Å². The Labute approximate surface area is 78.4 Å². The molecule has 1 heterocycles. The average Bonchev–Trinajstić information content (AvgIpc) is 2.19. The van der Waals surface area contributed by atoms with Crippen LogP contribution in [-0.4, -0.2) is 29.7 Å². The smallest absolute Gasteiger partial charge is 0.232 e. The minimum absolute atomic E-state index is 0.584. The second-order valence-electron chi connectivity index (χ2n) is 2.64. The van der Waals surface area contributed by atoms with Crippen LogP contribution in [0.3, 0.4) is 0 Å². The van der Waals surface area contributed by atoms with Gasteiger partial charge in [-0.3, -0.25) is 4.98 Å². The standard InChI is InChI=1S/C9H15N3O/c1-2-3-10-6-7-13-9-8-11-4-5-12-9/h4-5,8,10H,2-3,6-7H2,1H3. The highest BCUT2D eigenvalue weighted by Crippen LogP contribution is 1.98. The first-order valence-electron chi connectivity index (χ1n) is 4.53. The molecule has 72 valence electrons. The molecule has 0 saturated heterocycles. The summed E-state index contributed by atoms with van der Waals surface area (Å²) in [5.41, 5.74) is 0. The Morgan fingerprint density at radius 3 is 3.00 bits per heavy atom. The monoisotopic (exact) mass is 181 g/mol. The van der Waals surface area contributed by atoms with Crippen molar-refractivity contribution in [2.24, 2.45) is 0 Å². The molecule has 0 unspecified atom stereocenters. The molecule has 4 nitrogen and oxygen atoms in total. The fourth-order valence-electron chi connectivity index (χ4n) is 0.889. The number of rotatable bonds is 6. The molecule has 1 aromatic heterocycles. The van der Waals surface area contributed by atoms with Gasteiger partial charge in [0.2, 0.25) is 5.88 Å². The van der Waals surface area contributed by atoms with Crippen LogP contribution in [0.2, 0.25) is 0 Å². The third kappa shape index (κ3) is 4.42. The summed E-state index contributed by atoms with van der Waals surface area (Å²) in [6.45, 7) is 4.66. The zero-order chi connectivity index (χ0) is 9.36. The predicted molar refractivity (Wildman–Crippen MR) is 50.7 cm³/mol. The Morgan fingerprint density at radius 1 is 1.38 bits per heavy atom. The van der Waals surface area contributed by atoms with Gasteiger partial charge in [0.15, 0.2) is 0 Å². The molecule has 0 amide bonds. The van der Waals surface area contributed by atoms with Crippen molar-refractivity contribution in [3.05, 3.63) is 18.6 Å². The molecule has 0 spiro atoms. The van der Waals surface area contributed by atoms with E-state index in [0.717, 1.165) is 19.5 Å². The van der Waals surface area contributed by atoms with Gasteiger partial charge in [0.25, 0.3) is 0 Å². The molecular weight excluding hydrogens is 166 g/mol. The van der Waals surface area contributed by atoms with E-state index in [1.165, 1.54) is 0 Å². The molecule has 0 aliphatic rings. The van der Waals surface area contributed by atoms with Gasteiger partial charge < -0.3 is 10.1 Å². The lowest BCUT2D eigenvalue weighted by Gasteiger charge is -2.04. The first-order chi connectivity index (χ1) is 6.43. The summed E-state index contributed by atoms with van der Waals surface area (Å²) in [5.74, 6) is 0.584. The van der Waals surface area contributed by atoms with E-state index >= 15 is 0 Å². The number of nitrogens with zero attached hydrogens (tertiary/aromatic N) is 2. The molecule has 4 heteroatoms. The molecule has 1 aromatic rings. The van der Waals surface area contributed by atoms with Crippen molar-refractivity contribution in [3.63, 3.8) is 0 Å². The molecule has 0 radical (unpaired) electrons. The minimum Gasteiger partial charge on any atom is -0.475 e. The highest BCUT2D eigenvalue weighted by atomic mass is 16.5. The number of hydrogen-bond donors (Lipinski definition) is 1. The molecule has 0 fully saturated rings. The third-order valence-electron chi connectivity index (χ3n) is 1.50. The van der Waals surface area contributed by atoms with E-state index in [-0.39, 0.29) is 0 Å². The van der Waals surface area contributed by atoms with Crippen LogP contribution in [-0.2, 0) is 0 Å². The van der Waals surface area contributed by atoms with Crippen molar-refractivity contribution in [1.29, 1.82) is 0 Å². The summed E-state index contributed by atoms with van der Waals surface area (Å²) in [6, 6.07) is 0. The van der Waals surface area contributed by atoms with Crippen LogP contribution in [0.25, 0.3) is 0 Å². The maximum Gasteiger partial charge on any atom is 0.232 e. The number of hydrogen-bond acceptors (Lipinski definition) is 4. The Balaban J connectivity index is 2.07. The van der Waals surface area contributed by atoms with E-state index in [1.54, 1.807) is 18.6 Å². The van der Waals surface area contributed by atoms with E-state index in [9.17, 15) is 0 Å². The van der Waals surface area contributed by atoms with Gasteiger partial charge >= 0.3 is 0 Å². The van der Waals surface area contributed by atoms with Gasteiger partial charge in [-0.25, -0.2) is 4.98 Å². The number of aromatic nitrogens is 2. The van der Waals surface area contributed by atoms with E-state index in [0.29, 0.717) is 12.5 Å². The van der Waals surface area contributed by atoms with Crippen molar-refractivity contribution in [3.8, 4) is 5.88 Å². The van der Waals surface area contributed by atoms with Crippen LogP contribution < -0.4 is 10.1 Å². The highest BCUT2D eigenvalue weighted by molar-refractivity contribution is 5.00. The van der Waals surface area contributed by atoms with Gasteiger partial charge in [-0.1, -0.05) is 6.92 Å². The van der Waals surface area contributed by atoms with Crippen molar-refractivity contribution < 1.29 is 4.74 Å². The summed E-state index contributed by atoms with van der Waals surface area (Å²) in [5, 5.41) is 3.23. The minimum atomic E-state index is 0.584. The average molecular weight is 181 g/mol. The van der Waals surface area contributed by atoms with E-state index in [1.807, 2.05) is 0 Å². The highest BCUT2D eigenvalue weighted by Gasteiger charge is 1.92. The van der Waals surface area contributed by atoms with Gasteiger partial charge in [-0.05, 0) is 13.0 Å². The predicted octanol–water partition coefficient (Wildman–Crippen LogP) is 0.855. The molecular formula is C9H15N3O. The van der Waals surface area contributed by atoms with Gasteiger partial charge in [0, 0.05) is 18.9 Å². The van der Waals surface area contributed by atoms with Gasteiger partial charge in [-0.2, -0.15) is 0 Å². The zero-order valence-corrected chi connectivity index (χ0v) is 7.86.